The quantitative estimate of drug-likeness (QED) is 0.135. The molecule has 2 aromatic rings. The number of sulfonamides is 1. The fraction of sp³-hybridized carbons (Fsp3) is 0.538. The molecule has 0 unspecified atom stereocenters. The van der Waals surface area contributed by atoms with Gasteiger partial charge in [0.25, 0.3) is 0 Å². The summed E-state index contributed by atoms with van der Waals surface area (Å²) in [5.41, 5.74) is 11.6. The molecule has 0 radical (unpaired) electrons. The number of rotatable bonds is 19. The monoisotopic (exact) mass is 549 g/mol. The number of hydrogen-bond acceptors (Lipinski definition) is 8. The summed E-state index contributed by atoms with van der Waals surface area (Å²) in [5.74, 6) is -1.37. The van der Waals surface area contributed by atoms with Gasteiger partial charge in [-0.15, -0.1) is 0 Å². The molecule has 12 heteroatoms. The normalized spacial score (nSPS) is 12.4. The smallest absolute Gasteiger partial charge is 0.241 e. The predicted molar refractivity (Wildman–Crippen MR) is 152 cm³/mol. The van der Waals surface area contributed by atoms with E-state index in [1.807, 2.05) is 31.1 Å². The second-order valence-corrected chi connectivity index (χ2v) is 11.0. The van der Waals surface area contributed by atoms with Crippen LogP contribution in [0.1, 0.15) is 32.1 Å². The fourth-order valence-electron chi connectivity index (χ4n) is 4.05. The summed E-state index contributed by atoms with van der Waals surface area (Å²) in [4.78, 5) is 26.3. The number of carbonyl (C=O) groups is 2. The average Bonchev–Trinajstić information content (AvgIpc) is 2.87. The molecule has 0 aromatic heterocycles. The van der Waals surface area contributed by atoms with Crippen molar-refractivity contribution >= 4 is 38.3 Å². The van der Waals surface area contributed by atoms with Crippen molar-refractivity contribution in [3.63, 3.8) is 0 Å². The van der Waals surface area contributed by atoms with Crippen molar-refractivity contribution in [3.05, 3.63) is 36.4 Å². The number of unbranched alkanes of at least 4 members (excludes halogenated alkanes) is 1. The highest BCUT2D eigenvalue weighted by Gasteiger charge is 2.28. The number of nitrogens with one attached hydrogen (secondary N) is 4. The Hall–Kier alpha value is -2.77. The Morgan fingerprint density at radius 1 is 0.868 bits per heavy atom. The van der Waals surface area contributed by atoms with Crippen molar-refractivity contribution in [3.8, 4) is 0 Å². The van der Waals surface area contributed by atoms with Crippen LogP contribution in [0.25, 0.3) is 10.8 Å². The van der Waals surface area contributed by atoms with Crippen molar-refractivity contribution in [2.75, 3.05) is 58.3 Å². The minimum atomic E-state index is -4.14. The highest BCUT2D eigenvalue weighted by atomic mass is 32.2. The summed E-state index contributed by atoms with van der Waals surface area (Å²) in [5, 5.41) is 10.6. The van der Waals surface area contributed by atoms with E-state index in [-0.39, 0.29) is 4.90 Å². The molecule has 11 nitrogen and oxygen atoms in total. The maximum atomic E-state index is 13.3. The molecule has 0 heterocycles. The van der Waals surface area contributed by atoms with E-state index in [1.165, 1.54) is 6.07 Å². The number of nitrogens with zero attached hydrogens (tertiary/aromatic N) is 1. The average molecular weight is 550 g/mol. The minimum Gasteiger partial charge on any atom is -0.377 e. The van der Waals surface area contributed by atoms with Gasteiger partial charge in [0.15, 0.2) is 0 Å². The maximum Gasteiger partial charge on any atom is 0.241 e. The number of carbonyl (C=O) groups excluding carboxylic acids is 2. The van der Waals surface area contributed by atoms with Crippen LogP contribution >= 0.6 is 0 Å². The van der Waals surface area contributed by atoms with Crippen LogP contribution in [0.2, 0.25) is 0 Å². The zero-order valence-electron chi connectivity index (χ0n) is 22.5. The third kappa shape index (κ3) is 10.2. The van der Waals surface area contributed by atoms with Gasteiger partial charge in [0.1, 0.15) is 6.04 Å². The standard InChI is InChI=1S/C26H43N7O4S/c1-33(2)23-11-5-10-21-20(23)9-6-12-24(21)38(36,37)32-22(19-25(28)34)26(35)31-18-8-17-30-15-4-3-14-29-16-7-13-27/h5-6,9-12,22,29-30,32H,3-4,7-8,13-19,27H2,1-2H3,(H2,28,34)(H,31,35)/t22-/m0/s1. The van der Waals surface area contributed by atoms with Gasteiger partial charge in [-0.25, -0.2) is 8.42 Å². The minimum absolute atomic E-state index is 0.0275. The number of benzene rings is 2. The number of nitrogens with two attached hydrogens (primary N) is 2. The van der Waals surface area contributed by atoms with E-state index in [0.29, 0.717) is 31.4 Å². The lowest BCUT2D eigenvalue weighted by Crippen LogP contribution is -2.48. The SMILES string of the molecule is CN(C)c1cccc2c(S(=O)(=O)N[C@@H](CC(N)=O)C(=O)NCCCNCCCCNCCCN)cccc12. The van der Waals surface area contributed by atoms with Crippen LogP contribution in [0, 0.1) is 0 Å². The molecule has 212 valence electrons. The van der Waals surface area contributed by atoms with Crippen molar-refractivity contribution in [2.45, 2.75) is 43.0 Å². The third-order valence-electron chi connectivity index (χ3n) is 5.99. The number of amides is 2. The van der Waals surface area contributed by atoms with Crippen LogP contribution < -0.4 is 37.0 Å². The second kappa shape index (κ2) is 16.2. The highest BCUT2D eigenvalue weighted by molar-refractivity contribution is 7.89. The molecule has 2 rings (SSSR count). The molecule has 2 aromatic carbocycles. The molecule has 2 amide bonds. The molecular formula is C26H43N7O4S. The second-order valence-electron chi connectivity index (χ2n) is 9.36. The van der Waals surface area contributed by atoms with Gasteiger partial charge in [-0.2, -0.15) is 4.72 Å². The summed E-state index contributed by atoms with van der Waals surface area (Å²) in [7, 11) is -0.385. The van der Waals surface area contributed by atoms with Crippen molar-refractivity contribution in [1.29, 1.82) is 0 Å². The van der Waals surface area contributed by atoms with Crippen molar-refractivity contribution in [1.82, 2.24) is 20.7 Å². The fourth-order valence-corrected chi connectivity index (χ4v) is 5.47. The zero-order valence-corrected chi connectivity index (χ0v) is 23.3. The van der Waals surface area contributed by atoms with Gasteiger partial charge < -0.3 is 32.3 Å². The van der Waals surface area contributed by atoms with Crippen LogP contribution in [-0.4, -0.2) is 79.6 Å². The van der Waals surface area contributed by atoms with Gasteiger partial charge in [0.2, 0.25) is 21.8 Å². The van der Waals surface area contributed by atoms with Gasteiger partial charge in [0.05, 0.1) is 11.3 Å². The maximum absolute atomic E-state index is 13.3. The first-order valence-corrected chi connectivity index (χ1v) is 14.5. The largest absolute Gasteiger partial charge is 0.377 e. The number of hydrogen-bond donors (Lipinski definition) is 6. The molecule has 0 saturated heterocycles. The van der Waals surface area contributed by atoms with Gasteiger partial charge >= 0.3 is 0 Å². The molecule has 38 heavy (non-hydrogen) atoms. The van der Waals surface area contributed by atoms with E-state index in [2.05, 4.69) is 20.7 Å². The Morgan fingerprint density at radius 3 is 2.11 bits per heavy atom. The predicted octanol–water partition coefficient (Wildman–Crippen LogP) is 0.243. The van der Waals surface area contributed by atoms with E-state index in [9.17, 15) is 18.0 Å². The van der Waals surface area contributed by atoms with Crippen molar-refractivity contribution in [2.24, 2.45) is 11.5 Å². The topological polar surface area (TPSA) is 172 Å². The molecule has 0 saturated carbocycles. The number of anilines is 1. The first-order valence-electron chi connectivity index (χ1n) is 13.1. The van der Waals surface area contributed by atoms with Gasteiger partial charge in [-0.1, -0.05) is 24.3 Å². The molecule has 0 fully saturated rings. The van der Waals surface area contributed by atoms with E-state index in [4.69, 9.17) is 11.5 Å². The van der Waals surface area contributed by atoms with Crippen LogP contribution in [-0.2, 0) is 19.6 Å². The lowest BCUT2D eigenvalue weighted by atomic mass is 10.1. The Bertz CT molecular complexity index is 1140. The van der Waals surface area contributed by atoms with E-state index in [1.54, 1.807) is 18.2 Å². The summed E-state index contributed by atoms with van der Waals surface area (Å²) >= 11 is 0. The molecule has 1 atom stereocenters. The van der Waals surface area contributed by atoms with E-state index in [0.717, 1.165) is 50.0 Å². The molecule has 8 N–H and O–H groups in total. The van der Waals surface area contributed by atoms with Gasteiger partial charge in [0, 0.05) is 37.1 Å². The summed E-state index contributed by atoms with van der Waals surface area (Å²) < 4.78 is 29.0. The summed E-state index contributed by atoms with van der Waals surface area (Å²) in [6.45, 7) is 4.51. The Morgan fingerprint density at radius 2 is 1.47 bits per heavy atom. The lowest BCUT2D eigenvalue weighted by molar-refractivity contribution is -0.126. The molecule has 0 spiro atoms. The summed E-state index contributed by atoms with van der Waals surface area (Å²) in [6, 6.07) is 9.04. The Labute approximate surface area is 226 Å². The number of fused-ring (bicyclic) bond motifs is 1. The zero-order chi connectivity index (χ0) is 28.0. The Balaban J connectivity index is 1.91. The molecule has 0 aliphatic carbocycles. The third-order valence-corrected chi connectivity index (χ3v) is 7.52. The Kier molecular flexibility index (Phi) is 13.4. The first-order chi connectivity index (χ1) is 18.2. The van der Waals surface area contributed by atoms with E-state index >= 15 is 0 Å². The molecule has 0 aliphatic rings. The van der Waals surface area contributed by atoms with E-state index < -0.39 is 34.3 Å². The van der Waals surface area contributed by atoms with Gasteiger partial charge in [-0.05, 0) is 70.5 Å². The van der Waals surface area contributed by atoms with Crippen LogP contribution in [0.5, 0.6) is 0 Å². The first kappa shape index (κ1) is 31.4. The molecule has 0 aliphatic heterocycles. The van der Waals surface area contributed by atoms with Gasteiger partial charge in [-0.3, -0.25) is 9.59 Å². The molecular weight excluding hydrogens is 506 g/mol. The number of primary amides is 1. The van der Waals surface area contributed by atoms with Crippen LogP contribution in [0.15, 0.2) is 41.3 Å². The lowest BCUT2D eigenvalue weighted by Gasteiger charge is -2.20. The summed E-state index contributed by atoms with van der Waals surface area (Å²) in [6.07, 6.45) is 3.29. The van der Waals surface area contributed by atoms with Crippen molar-refractivity contribution < 1.29 is 18.0 Å². The molecule has 0 bridgehead atoms. The van der Waals surface area contributed by atoms with Crippen LogP contribution in [0.4, 0.5) is 5.69 Å². The van der Waals surface area contributed by atoms with Crippen LogP contribution in [0.3, 0.4) is 0 Å². The highest BCUT2D eigenvalue weighted by Crippen LogP contribution is 2.30.